The van der Waals surface area contributed by atoms with E-state index in [9.17, 15) is 22.8 Å². The number of alkyl halides is 3. The van der Waals surface area contributed by atoms with E-state index in [1.807, 2.05) is 0 Å². The second kappa shape index (κ2) is 5.32. The maximum absolute atomic E-state index is 12.6. The highest BCUT2D eigenvalue weighted by molar-refractivity contribution is 6.33. The minimum atomic E-state index is -4.52. The van der Waals surface area contributed by atoms with Crippen molar-refractivity contribution in [3.63, 3.8) is 0 Å². The van der Waals surface area contributed by atoms with Crippen LogP contribution in [0.5, 0.6) is 0 Å². The van der Waals surface area contributed by atoms with Gasteiger partial charge >= 0.3 is 6.18 Å². The van der Waals surface area contributed by atoms with Gasteiger partial charge in [0.15, 0.2) is 0 Å². The standard InChI is InChI=1S/C12H10ClF3N2O2/c13-7-2-1-6(12(14,15)16)5-9(7)18-11(20)8-3-4-10(19)17-8/h1-2,5,8H,3-4H2,(H,17,19)(H,18,20)/t8-/m0/s1. The predicted molar refractivity (Wildman–Crippen MR) is 66.2 cm³/mol. The molecule has 0 radical (unpaired) electrons. The zero-order valence-corrected chi connectivity index (χ0v) is 10.8. The quantitative estimate of drug-likeness (QED) is 0.882. The van der Waals surface area contributed by atoms with Gasteiger partial charge in [0.1, 0.15) is 6.04 Å². The van der Waals surface area contributed by atoms with Gasteiger partial charge in [-0.15, -0.1) is 0 Å². The molecule has 1 atom stereocenters. The molecule has 1 aromatic rings. The van der Waals surface area contributed by atoms with Gasteiger partial charge in [0, 0.05) is 6.42 Å². The van der Waals surface area contributed by atoms with E-state index < -0.39 is 23.7 Å². The highest BCUT2D eigenvalue weighted by atomic mass is 35.5. The summed E-state index contributed by atoms with van der Waals surface area (Å²) in [5, 5.41) is 4.72. The molecule has 1 heterocycles. The molecule has 20 heavy (non-hydrogen) atoms. The number of rotatable bonds is 2. The van der Waals surface area contributed by atoms with Crippen LogP contribution in [0, 0.1) is 0 Å². The van der Waals surface area contributed by atoms with E-state index in [2.05, 4.69) is 10.6 Å². The molecule has 1 aliphatic heterocycles. The van der Waals surface area contributed by atoms with Crippen LogP contribution in [-0.4, -0.2) is 17.9 Å². The molecule has 2 amide bonds. The maximum Gasteiger partial charge on any atom is 0.416 e. The number of hydrogen-bond donors (Lipinski definition) is 2. The highest BCUT2D eigenvalue weighted by Gasteiger charge is 2.32. The van der Waals surface area contributed by atoms with E-state index in [1.54, 1.807) is 0 Å². The van der Waals surface area contributed by atoms with E-state index in [0.29, 0.717) is 6.42 Å². The maximum atomic E-state index is 12.6. The molecule has 1 fully saturated rings. The molecular weight excluding hydrogens is 297 g/mol. The fraction of sp³-hybridized carbons (Fsp3) is 0.333. The van der Waals surface area contributed by atoms with E-state index in [1.165, 1.54) is 0 Å². The number of carbonyl (C=O) groups excluding carboxylic acids is 2. The summed E-state index contributed by atoms with van der Waals surface area (Å²) in [4.78, 5) is 22.8. The van der Waals surface area contributed by atoms with Gasteiger partial charge in [0.25, 0.3) is 0 Å². The van der Waals surface area contributed by atoms with Gasteiger partial charge in [0.2, 0.25) is 11.8 Å². The van der Waals surface area contributed by atoms with Gasteiger partial charge in [-0.1, -0.05) is 11.6 Å². The van der Waals surface area contributed by atoms with Crippen LogP contribution in [0.1, 0.15) is 18.4 Å². The third kappa shape index (κ3) is 3.22. The van der Waals surface area contributed by atoms with Crippen LogP contribution in [0.4, 0.5) is 18.9 Å². The number of nitrogens with one attached hydrogen (secondary N) is 2. The Hall–Kier alpha value is -1.76. The van der Waals surface area contributed by atoms with Crippen LogP contribution >= 0.6 is 11.6 Å². The molecule has 2 N–H and O–H groups in total. The van der Waals surface area contributed by atoms with Crippen LogP contribution in [-0.2, 0) is 15.8 Å². The lowest BCUT2D eigenvalue weighted by Crippen LogP contribution is -2.37. The molecule has 0 bridgehead atoms. The van der Waals surface area contributed by atoms with Crippen LogP contribution in [0.3, 0.4) is 0 Å². The van der Waals surface area contributed by atoms with Crippen molar-refractivity contribution in [3.05, 3.63) is 28.8 Å². The van der Waals surface area contributed by atoms with Gasteiger partial charge in [-0.2, -0.15) is 13.2 Å². The fourth-order valence-electron chi connectivity index (χ4n) is 1.83. The first kappa shape index (κ1) is 14.6. The van der Waals surface area contributed by atoms with Crippen LogP contribution in [0.15, 0.2) is 18.2 Å². The predicted octanol–water partition coefficient (Wildman–Crippen LogP) is 2.58. The van der Waals surface area contributed by atoms with E-state index in [4.69, 9.17) is 11.6 Å². The van der Waals surface area contributed by atoms with Crippen LogP contribution < -0.4 is 10.6 Å². The molecule has 1 aromatic carbocycles. The molecule has 0 spiro atoms. The summed E-state index contributed by atoms with van der Waals surface area (Å²) in [6.45, 7) is 0. The summed E-state index contributed by atoms with van der Waals surface area (Å²) >= 11 is 5.76. The van der Waals surface area contributed by atoms with E-state index in [-0.39, 0.29) is 23.0 Å². The second-order valence-corrected chi connectivity index (χ2v) is 4.75. The number of amides is 2. The van der Waals surface area contributed by atoms with Crippen LogP contribution in [0.25, 0.3) is 0 Å². The Morgan fingerprint density at radius 3 is 2.65 bits per heavy atom. The molecular formula is C12H10ClF3N2O2. The Labute approximate surface area is 117 Å². The van der Waals surface area contributed by atoms with Crippen molar-refractivity contribution >= 4 is 29.1 Å². The molecule has 1 saturated heterocycles. The highest BCUT2D eigenvalue weighted by Crippen LogP contribution is 2.33. The average molecular weight is 307 g/mol. The van der Waals surface area contributed by atoms with Gasteiger partial charge in [-0.05, 0) is 24.6 Å². The Balaban J connectivity index is 2.16. The summed E-state index contributed by atoms with van der Waals surface area (Å²) < 4.78 is 37.7. The van der Waals surface area contributed by atoms with Gasteiger partial charge in [-0.25, -0.2) is 0 Å². The minimum Gasteiger partial charge on any atom is -0.344 e. The normalized spacial score (nSPS) is 18.8. The first-order chi connectivity index (χ1) is 9.27. The molecule has 8 heteroatoms. The number of anilines is 1. The fourth-order valence-corrected chi connectivity index (χ4v) is 1.99. The van der Waals surface area contributed by atoms with Crippen molar-refractivity contribution in [2.45, 2.75) is 25.1 Å². The Morgan fingerprint density at radius 1 is 1.40 bits per heavy atom. The summed E-state index contributed by atoms with van der Waals surface area (Å²) in [6.07, 6.45) is -4.00. The molecule has 0 saturated carbocycles. The summed E-state index contributed by atoms with van der Waals surface area (Å²) in [7, 11) is 0. The number of benzene rings is 1. The first-order valence-electron chi connectivity index (χ1n) is 5.74. The zero-order valence-electron chi connectivity index (χ0n) is 10.1. The SMILES string of the molecule is O=C1CC[C@@H](C(=O)Nc2cc(C(F)(F)F)ccc2Cl)N1. The first-order valence-corrected chi connectivity index (χ1v) is 6.12. The molecule has 0 aromatic heterocycles. The molecule has 108 valence electrons. The lowest BCUT2D eigenvalue weighted by molar-refractivity contribution is -0.137. The van der Waals surface area contributed by atoms with Crippen molar-refractivity contribution in [1.29, 1.82) is 0 Å². The smallest absolute Gasteiger partial charge is 0.344 e. The van der Waals surface area contributed by atoms with Gasteiger partial charge in [0.05, 0.1) is 16.3 Å². The average Bonchev–Trinajstić information content (AvgIpc) is 2.77. The van der Waals surface area contributed by atoms with E-state index >= 15 is 0 Å². The lowest BCUT2D eigenvalue weighted by Gasteiger charge is -2.14. The Bertz CT molecular complexity index is 560. The van der Waals surface area contributed by atoms with Crippen molar-refractivity contribution in [1.82, 2.24) is 5.32 Å². The van der Waals surface area contributed by atoms with Gasteiger partial charge in [-0.3, -0.25) is 9.59 Å². The summed E-state index contributed by atoms with van der Waals surface area (Å²) in [6, 6.07) is 1.91. The molecule has 2 rings (SSSR count). The largest absolute Gasteiger partial charge is 0.416 e. The number of carbonyl (C=O) groups is 2. The van der Waals surface area contributed by atoms with Crippen molar-refractivity contribution in [2.24, 2.45) is 0 Å². The van der Waals surface area contributed by atoms with Gasteiger partial charge < -0.3 is 10.6 Å². The minimum absolute atomic E-state index is 0.00401. The lowest BCUT2D eigenvalue weighted by atomic mass is 10.1. The molecule has 1 aliphatic rings. The Morgan fingerprint density at radius 2 is 2.10 bits per heavy atom. The monoisotopic (exact) mass is 306 g/mol. The molecule has 4 nitrogen and oxygen atoms in total. The summed E-state index contributed by atoms with van der Waals surface area (Å²) in [5.74, 6) is -0.850. The third-order valence-corrected chi connectivity index (χ3v) is 3.19. The van der Waals surface area contributed by atoms with Crippen molar-refractivity contribution in [3.8, 4) is 0 Å². The van der Waals surface area contributed by atoms with Crippen LogP contribution in [0.2, 0.25) is 5.02 Å². The van der Waals surface area contributed by atoms with E-state index in [0.717, 1.165) is 18.2 Å². The van der Waals surface area contributed by atoms with Crippen molar-refractivity contribution in [2.75, 3.05) is 5.32 Å². The second-order valence-electron chi connectivity index (χ2n) is 4.34. The third-order valence-electron chi connectivity index (χ3n) is 2.86. The molecule has 0 aliphatic carbocycles. The molecule has 0 unspecified atom stereocenters. The Kier molecular flexibility index (Phi) is 3.89. The number of halogens is 4. The topological polar surface area (TPSA) is 58.2 Å². The zero-order chi connectivity index (χ0) is 14.9. The van der Waals surface area contributed by atoms with Crippen molar-refractivity contribution < 1.29 is 22.8 Å². The number of hydrogen-bond acceptors (Lipinski definition) is 2. The summed E-state index contributed by atoms with van der Waals surface area (Å²) in [5.41, 5.74) is -1.04.